The molecule has 20 nitrogen and oxygen atoms in total. The molecular weight excluding hydrogens is 793 g/mol. The van der Waals surface area contributed by atoms with Crippen LogP contribution in [0.3, 0.4) is 0 Å². The summed E-state index contributed by atoms with van der Waals surface area (Å²) in [5.41, 5.74) is 40.0. The minimum absolute atomic E-state index is 0.0287. The largest absolute Gasteiger partial charge is 0.394 e. The third-order valence-corrected chi connectivity index (χ3v) is 13.1. The molecule has 3 aromatic rings. The number of hydrogen-bond donors (Lipinski definition) is 13. The van der Waals surface area contributed by atoms with Gasteiger partial charge in [-0.3, -0.25) is 0 Å². The van der Waals surface area contributed by atoms with Gasteiger partial charge in [-0.2, -0.15) is 11.8 Å². The Morgan fingerprint density at radius 2 is 1.20 bits per heavy atom. The molecule has 21 heteroatoms. The molecule has 1 saturated carbocycles. The van der Waals surface area contributed by atoms with Gasteiger partial charge in [-0.05, 0) is 18.6 Å². The first-order valence-corrected chi connectivity index (χ1v) is 20.9. The number of hydrogen-bond acceptors (Lipinski definition) is 21. The van der Waals surface area contributed by atoms with Gasteiger partial charge >= 0.3 is 0 Å². The van der Waals surface area contributed by atoms with Gasteiger partial charge in [0.1, 0.15) is 48.8 Å². The molecule has 0 amide bonds. The maximum atomic E-state index is 11.6. The smallest absolute Gasteiger partial charge is 0.187 e. The third-order valence-electron chi connectivity index (χ3n) is 11.6. The summed E-state index contributed by atoms with van der Waals surface area (Å²) < 4.78 is 36.1. The molecule has 1 aliphatic carbocycles. The number of aliphatic hydroxyl groups excluding tert-OH is 6. The number of benzene rings is 2. The predicted octanol–water partition coefficient (Wildman–Crippen LogP) is -4.34. The number of anilines is 1. The van der Waals surface area contributed by atoms with Crippen molar-refractivity contribution in [3.8, 4) is 0 Å². The molecule has 19 atom stereocenters. The van der Waals surface area contributed by atoms with E-state index in [9.17, 15) is 30.6 Å². The van der Waals surface area contributed by atoms with Crippen molar-refractivity contribution in [3.05, 3.63) is 48.5 Å². The molecule has 3 aliphatic heterocycles. The van der Waals surface area contributed by atoms with E-state index in [1.54, 1.807) is 0 Å². The summed E-state index contributed by atoms with van der Waals surface area (Å²) in [5, 5.41) is 70.1. The summed E-state index contributed by atoms with van der Waals surface area (Å²) in [6.07, 6.45) is -17.7. The van der Waals surface area contributed by atoms with Crippen molar-refractivity contribution in [2.75, 3.05) is 37.3 Å². The molecule has 0 bridgehead atoms. The van der Waals surface area contributed by atoms with Gasteiger partial charge in [0.05, 0.1) is 59.0 Å². The SMILES string of the molecule is NCC1OC(OC2C(CO)OC(OC3C(O)C(N)CC(N)C3OC3OC(CN)C(SCCNc4c5ccccc5nc5ccccc45)C(O)C3N)C2O)C(N)C(O)C1O. The molecule has 0 spiro atoms. The lowest BCUT2D eigenvalue weighted by atomic mass is 9.84. The van der Waals surface area contributed by atoms with Crippen molar-refractivity contribution in [1.29, 1.82) is 0 Å². The quantitative estimate of drug-likeness (QED) is 0.0538. The van der Waals surface area contributed by atoms with E-state index in [1.165, 1.54) is 11.8 Å². The van der Waals surface area contributed by atoms with Gasteiger partial charge in [-0.1, -0.05) is 36.4 Å². The molecule has 7 rings (SSSR count). The molecule has 3 saturated heterocycles. The number of thioether (sulfide) groups is 1. The fourth-order valence-electron chi connectivity index (χ4n) is 8.33. The number of nitrogens with zero attached hydrogens (tertiary/aromatic N) is 1. The standard InChI is InChI=1S/C38H58N8O12S/c39-12-21-28(49)29(50)24(43)36(53-21)57-33-23(14-47)55-38(31(33)52)58-34-27(48)17(41)11-18(42)32(34)56-37-25(44)30(51)35(22(13-40)54-37)59-10-9-45-26-15-5-1-3-7-19(15)46-20-8-4-2-6-16(20)26/h1-8,17-18,21-25,27-38,47-52H,9-14,39-44H2,(H,45,46). The van der Waals surface area contributed by atoms with Crippen LogP contribution in [0.4, 0.5) is 5.69 Å². The Kier molecular flexibility index (Phi) is 14.6. The van der Waals surface area contributed by atoms with Gasteiger partial charge in [-0.25, -0.2) is 4.98 Å². The highest BCUT2D eigenvalue weighted by molar-refractivity contribution is 8.00. The van der Waals surface area contributed by atoms with E-state index in [-0.39, 0.29) is 19.5 Å². The van der Waals surface area contributed by atoms with Crippen LogP contribution >= 0.6 is 11.8 Å². The van der Waals surface area contributed by atoms with Gasteiger partial charge < -0.3 is 98.8 Å². The molecule has 0 radical (unpaired) electrons. The van der Waals surface area contributed by atoms with Gasteiger partial charge in [0.15, 0.2) is 18.9 Å². The summed E-state index contributed by atoms with van der Waals surface area (Å²) in [5.74, 6) is 0.566. The van der Waals surface area contributed by atoms with Crippen LogP contribution in [0, 0.1) is 0 Å². The number of pyridine rings is 1. The van der Waals surface area contributed by atoms with E-state index >= 15 is 0 Å². The summed E-state index contributed by atoms with van der Waals surface area (Å²) in [6.45, 7) is -0.232. The average molecular weight is 851 g/mol. The second-order valence-electron chi connectivity index (χ2n) is 15.5. The van der Waals surface area contributed by atoms with E-state index in [1.807, 2.05) is 48.5 Å². The van der Waals surface area contributed by atoms with Crippen LogP contribution in [-0.2, 0) is 28.4 Å². The summed E-state index contributed by atoms with van der Waals surface area (Å²) in [4.78, 5) is 4.79. The van der Waals surface area contributed by atoms with Crippen molar-refractivity contribution in [3.63, 3.8) is 0 Å². The topological polar surface area (TPSA) is 358 Å². The van der Waals surface area contributed by atoms with E-state index in [4.69, 9.17) is 67.8 Å². The van der Waals surface area contributed by atoms with E-state index in [0.717, 1.165) is 27.5 Å². The van der Waals surface area contributed by atoms with Crippen LogP contribution in [0.2, 0.25) is 0 Å². The maximum absolute atomic E-state index is 11.6. The van der Waals surface area contributed by atoms with E-state index in [2.05, 4.69) is 5.32 Å². The monoisotopic (exact) mass is 850 g/mol. The number of para-hydroxylation sites is 2. The lowest BCUT2D eigenvalue weighted by molar-refractivity contribution is -0.294. The minimum atomic E-state index is -1.61. The fourth-order valence-corrected chi connectivity index (χ4v) is 9.59. The van der Waals surface area contributed by atoms with Crippen LogP contribution in [0.15, 0.2) is 48.5 Å². The van der Waals surface area contributed by atoms with Crippen LogP contribution in [-0.4, -0.2) is 183 Å². The van der Waals surface area contributed by atoms with Crippen LogP contribution in [0.5, 0.6) is 0 Å². The van der Waals surface area contributed by atoms with Gasteiger partial charge in [0.25, 0.3) is 0 Å². The van der Waals surface area contributed by atoms with Crippen LogP contribution < -0.4 is 39.7 Å². The molecular formula is C38H58N8O12S. The molecule has 4 aliphatic rings. The lowest BCUT2D eigenvalue weighted by Crippen LogP contribution is -2.68. The Hall–Kier alpha value is -2.46. The zero-order valence-corrected chi connectivity index (χ0v) is 33.1. The lowest BCUT2D eigenvalue weighted by Gasteiger charge is -2.48. The molecule has 328 valence electrons. The Morgan fingerprint density at radius 3 is 1.83 bits per heavy atom. The Morgan fingerprint density at radius 1 is 0.644 bits per heavy atom. The maximum Gasteiger partial charge on any atom is 0.187 e. The number of aromatic nitrogens is 1. The van der Waals surface area contributed by atoms with Gasteiger partial charge in [0, 0.05) is 48.2 Å². The molecule has 59 heavy (non-hydrogen) atoms. The molecule has 1 aromatic heterocycles. The van der Waals surface area contributed by atoms with E-state index < -0.39 is 122 Å². The Balaban J connectivity index is 0.998. The highest BCUT2D eigenvalue weighted by Crippen LogP contribution is 2.36. The number of nitrogens with one attached hydrogen (secondary N) is 1. The molecule has 4 heterocycles. The predicted molar refractivity (Wildman–Crippen MR) is 216 cm³/mol. The molecule has 19 unspecified atom stereocenters. The Bertz CT molecular complexity index is 1790. The number of ether oxygens (including phenoxy) is 6. The van der Waals surface area contributed by atoms with Gasteiger partial charge in [-0.15, -0.1) is 0 Å². The van der Waals surface area contributed by atoms with Crippen LogP contribution in [0.25, 0.3) is 21.8 Å². The van der Waals surface area contributed by atoms with E-state index in [0.29, 0.717) is 12.3 Å². The first-order valence-electron chi connectivity index (χ1n) is 19.9. The highest BCUT2D eigenvalue weighted by atomic mass is 32.2. The second-order valence-corrected chi connectivity index (χ2v) is 16.8. The van der Waals surface area contributed by atoms with Crippen molar-refractivity contribution >= 4 is 39.3 Å². The van der Waals surface area contributed by atoms with Crippen LogP contribution in [0.1, 0.15) is 6.42 Å². The molecule has 2 aromatic carbocycles. The van der Waals surface area contributed by atoms with Crippen molar-refractivity contribution in [1.82, 2.24) is 4.98 Å². The van der Waals surface area contributed by atoms with Crippen molar-refractivity contribution < 1.29 is 59.1 Å². The summed E-state index contributed by atoms with van der Waals surface area (Å²) >= 11 is 1.46. The number of aliphatic hydroxyl groups is 6. The van der Waals surface area contributed by atoms with Crippen molar-refractivity contribution in [2.45, 2.75) is 122 Å². The Labute approximate surface area is 344 Å². The molecule has 19 N–H and O–H groups in total. The highest BCUT2D eigenvalue weighted by Gasteiger charge is 2.54. The number of nitrogens with two attached hydrogens (primary N) is 6. The minimum Gasteiger partial charge on any atom is -0.394 e. The summed E-state index contributed by atoms with van der Waals surface area (Å²) in [6, 6.07) is 11.8. The molecule has 4 fully saturated rings. The number of rotatable bonds is 14. The zero-order valence-electron chi connectivity index (χ0n) is 32.3. The average Bonchev–Trinajstić information content (AvgIpc) is 3.53. The first-order chi connectivity index (χ1) is 28.4. The van der Waals surface area contributed by atoms with Gasteiger partial charge in [0.2, 0.25) is 0 Å². The second kappa shape index (κ2) is 19.3. The normalized spacial score (nSPS) is 41.7. The summed E-state index contributed by atoms with van der Waals surface area (Å²) in [7, 11) is 0. The van der Waals surface area contributed by atoms with Crippen molar-refractivity contribution in [2.24, 2.45) is 34.4 Å². The third kappa shape index (κ3) is 9.06. The zero-order chi connectivity index (χ0) is 42.1. The first kappa shape index (κ1) is 44.6. The number of fused-ring (bicyclic) bond motifs is 2. The fraction of sp³-hybridized carbons (Fsp3) is 0.658.